The maximum absolute atomic E-state index is 13.0. The van der Waals surface area contributed by atoms with E-state index in [2.05, 4.69) is 15.5 Å². The molecule has 4 rings (SSSR count). The van der Waals surface area contributed by atoms with Crippen LogP contribution in [0.1, 0.15) is 50.9 Å². The first kappa shape index (κ1) is 24.5. The number of para-hydroxylation sites is 1. The Labute approximate surface area is 207 Å². The molecule has 1 saturated heterocycles. The van der Waals surface area contributed by atoms with Gasteiger partial charge in [0.05, 0.1) is 17.4 Å². The van der Waals surface area contributed by atoms with E-state index in [1.54, 1.807) is 0 Å². The lowest BCUT2D eigenvalue weighted by Crippen LogP contribution is -2.42. The van der Waals surface area contributed by atoms with Crippen LogP contribution in [0.15, 0.2) is 60.7 Å². The zero-order chi connectivity index (χ0) is 24.9. The monoisotopic (exact) mass is 473 g/mol. The number of hydrogen-bond acceptors (Lipinski definition) is 4. The van der Waals surface area contributed by atoms with Crippen molar-refractivity contribution in [2.24, 2.45) is 11.8 Å². The van der Waals surface area contributed by atoms with Gasteiger partial charge in [-0.25, -0.2) is 4.68 Å². The van der Waals surface area contributed by atoms with Crippen molar-refractivity contribution in [3.05, 3.63) is 71.9 Å². The Morgan fingerprint density at radius 3 is 2.14 bits per heavy atom. The van der Waals surface area contributed by atoms with Gasteiger partial charge in [0.2, 0.25) is 11.8 Å². The van der Waals surface area contributed by atoms with Gasteiger partial charge in [-0.1, -0.05) is 62.4 Å². The minimum Gasteiger partial charge on any atom is -0.355 e. The minimum atomic E-state index is -0.136. The van der Waals surface area contributed by atoms with Gasteiger partial charge in [-0.05, 0) is 44.4 Å². The van der Waals surface area contributed by atoms with Crippen LogP contribution in [0.3, 0.4) is 0 Å². The molecule has 0 spiro atoms. The van der Waals surface area contributed by atoms with Gasteiger partial charge >= 0.3 is 0 Å². The van der Waals surface area contributed by atoms with E-state index < -0.39 is 0 Å². The van der Waals surface area contributed by atoms with Gasteiger partial charge in [0, 0.05) is 24.9 Å². The molecule has 0 unspecified atom stereocenters. The van der Waals surface area contributed by atoms with E-state index in [9.17, 15) is 9.59 Å². The first-order chi connectivity index (χ1) is 16.8. The number of benzene rings is 2. The van der Waals surface area contributed by atoms with Crippen LogP contribution >= 0.6 is 0 Å². The normalized spacial score (nSPS) is 15.2. The van der Waals surface area contributed by atoms with Crippen LogP contribution in [0.5, 0.6) is 0 Å². The maximum atomic E-state index is 13.0. The summed E-state index contributed by atoms with van der Waals surface area (Å²) in [6, 6.07) is 20.0. The second-order valence-corrected chi connectivity index (χ2v) is 9.58. The van der Waals surface area contributed by atoms with E-state index in [1.165, 1.54) is 0 Å². The van der Waals surface area contributed by atoms with E-state index in [-0.39, 0.29) is 29.7 Å². The fourth-order valence-electron chi connectivity index (χ4n) is 4.48. The highest BCUT2D eigenvalue weighted by Crippen LogP contribution is 2.35. The number of aromatic nitrogens is 2. The van der Waals surface area contributed by atoms with Gasteiger partial charge in [0.15, 0.2) is 5.82 Å². The van der Waals surface area contributed by atoms with Crippen molar-refractivity contribution in [1.29, 1.82) is 0 Å². The Hall–Kier alpha value is -3.61. The number of aryl methyl sites for hydroxylation is 1. The highest BCUT2D eigenvalue weighted by atomic mass is 16.2. The lowest BCUT2D eigenvalue weighted by Gasteiger charge is -2.34. The van der Waals surface area contributed by atoms with Crippen LogP contribution in [0.25, 0.3) is 5.69 Å². The van der Waals surface area contributed by atoms with Crippen LogP contribution in [0.2, 0.25) is 0 Å². The highest BCUT2D eigenvalue weighted by molar-refractivity contribution is 5.96. The second kappa shape index (κ2) is 10.8. The van der Waals surface area contributed by atoms with Crippen molar-refractivity contribution in [2.45, 2.75) is 46.6 Å². The third-order valence-electron chi connectivity index (χ3n) is 6.63. The number of rotatable bonds is 7. The van der Waals surface area contributed by atoms with Gasteiger partial charge in [0.25, 0.3) is 0 Å². The topological polar surface area (TPSA) is 79.3 Å². The Morgan fingerprint density at radius 1 is 0.943 bits per heavy atom. The molecule has 1 fully saturated rings. The number of nitrogens with zero attached hydrogens (tertiary/aromatic N) is 3. The lowest BCUT2D eigenvalue weighted by molar-refractivity contribution is -0.126. The van der Waals surface area contributed by atoms with Crippen molar-refractivity contribution in [1.82, 2.24) is 15.1 Å². The molecule has 0 aliphatic carbocycles. The van der Waals surface area contributed by atoms with Crippen molar-refractivity contribution in [2.75, 3.05) is 23.3 Å². The quantitative estimate of drug-likeness (QED) is 0.513. The van der Waals surface area contributed by atoms with E-state index >= 15 is 0 Å². The van der Waals surface area contributed by atoms with E-state index in [0.29, 0.717) is 13.1 Å². The molecule has 2 amide bonds. The number of amides is 2. The molecule has 0 saturated carbocycles. The Kier molecular flexibility index (Phi) is 7.54. The summed E-state index contributed by atoms with van der Waals surface area (Å²) in [5.41, 5.74) is 3.56. The standard InChI is InChI=1S/C28H35N5O2/c1-19(2)26(34)30-25-21(4)31-33(24-13-9-6-10-14-24)28(25)32-17-15-23(16-18-32)27(35)29-20(3)22-11-7-5-8-12-22/h5-14,19-20,23H,15-18H2,1-4H3,(H,29,35)(H,30,34)/t20-/m1/s1. The summed E-state index contributed by atoms with van der Waals surface area (Å²) in [6.07, 6.45) is 1.48. The van der Waals surface area contributed by atoms with Crippen LogP contribution in [0.4, 0.5) is 11.5 Å². The molecule has 1 aliphatic heterocycles. The summed E-state index contributed by atoms with van der Waals surface area (Å²) in [6.45, 7) is 9.12. The molecule has 1 atom stereocenters. The molecular formula is C28H35N5O2. The number of hydrogen-bond donors (Lipinski definition) is 2. The summed E-state index contributed by atoms with van der Waals surface area (Å²) in [5.74, 6) is 0.760. The molecule has 184 valence electrons. The smallest absolute Gasteiger partial charge is 0.227 e. The van der Waals surface area contributed by atoms with Gasteiger partial charge in [-0.15, -0.1) is 0 Å². The molecule has 2 heterocycles. The van der Waals surface area contributed by atoms with E-state index in [4.69, 9.17) is 5.10 Å². The van der Waals surface area contributed by atoms with Gasteiger partial charge in [0.1, 0.15) is 5.69 Å². The molecule has 3 aromatic rings. The fraction of sp³-hybridized carbons (Fsp3) is 0.393. The summed E-state index contributed by atoms with van der Waals surface area (Å²) < 4.78 is 1.91. The number of nitrogens with one attached hydrogen (secondary N) is 2. The summed E-state index contributed by atoms with van der Waals surface area (Å²) in [7, 11) is 0. The molecule has 2 N–H and O–H groups in total. The summed E-state index contributed by atoms with van der Waals surface area (Å²) in [4.78, 5) is 27.8. The molecule has 0 bridgehead atoms. The molecule has 35 heavy (non-hydrogen) atoms. The second-order valence-electron chi connectivity index (χ2n) is 9.58. The summed E-state index contributed by atoms with van der Waals surface area (Å²) >= 11 is 0. The molecule has 1 aromatic heterocycles. The van der Waals surface area contributed by atoms with Crippen molar-refractivity contribution in [3.63, 3.8) is 0 Å². The van der Waals surface area contributed by atoms with Gasteiger partial charge in [-0.2, -0.15) is 5.10 Å². The third kappa shape index (κ3) is 5.56. The molecular weight excluding hydrogens is 438 g/mol. The lowest BCUT2D eigenvalue weighted by atomic mass is 9.95. The van der Waals surface area contributed by atoms with Crippen molar-refractivity contribution in [3.8, 4) is 5.69 Å². The minimum absolute atomic E-state index is 0.0262. The zero-order valence-electron chi connectivity index (χ0n) is 21.0. The molecule has 7 nitrogen and oxygen atoms in total. The Morgan fingerprint density at radius 2 is 1.54 bits per heavy atom. The first-order valence-electron chi connectivity index (χ1n) is 12.4. The predicted molar refractivity (Wildman–Crippen MR) is 140 cm³/mol. The number of anilines is 2. The predicted octanol–water partition coefficient (Wildman–Crippen LogP) is 4.87. The highest BCUT2D eigenvalue weighted by Gasteiger charge is 2.30. The van der Waals surface area contributed by atoms with E-state index in [0.717, 1.165) is 41.3 Å². The first-order valence-corrected chi connectivity index (χ1v) is 12.4. The average molecular weight is 474 g/mol. The van der Waals surface area contributed by atoms with Crippen LogP contribution in [-0.4, -0.2) is 34.7 Å². The molecule has 7 heteroatoms. The Balaban J connectivity index is 1.52. The SMILES string of the molecule is Cc1nn(-c2ccccc2)c(N2CCC(C(=O)N[C@H](C)c3ccccc3)CC2)c1NC(=O)C(C)C. The van der Waals surface area contributed by atoms with Crippen molar-refractivity contribution >= 4 is 23.3 Å². The number of carbonyl (C=O) groups excluding carboxylic acids is 2. The maximum Gasteiger partial charge on any atom is 0.227 e. The number of carbonyl (C=O) groups is 2. The van der Waals surface area contributed by atoms with Crippen LogP contribution < -0.4 is 15.5 Å². The molecule has 2 aromatic carbocycles. The van der Waals surface area contributed by atoms with Crippen LogP contribution in [-0.2, 0) is 9.59 Å². The fourth-order valence-corrected chi connectivity index (χ4v) is 4.48. The zero-order valence-corrected chi connectivity index (χ0v) is 21.0. The number of piperidine rings is 1. The van der Waals surface area contributed by atoms with Gasteiger partial charge in [-0.3, -0.25) is 9.59 Å². The average Bonchev–Trinajstić information content (AvgIpc) is 3.20. The van der Waals surface area contributed by atoms with E-state index in [1.807, 2.05) is 93.0 Å². The third-order valence-corrected chi connectivity index (χ3v) is 6.63. The molecule has 1 aliphatic rings. The van der Waals surface area contributed by atoms with Crippen molar-refractivity contribution < 1.29 is 9.59 Å². The summed E-state index contributed by atoms with van der Waals surface area (Å²) in [5, 5.41) is 11.1. The van der Waals surface area contributed by atoms with Gasteiger partial charge < -0.3 is 15.5 Å². The Bertz CT molecular complexity index is 1150. The van der Waals surface area contributed by atoms with Crippen LogP contribution in [0, 0.1) is 18.8 Å². The largest absolute Gasteiger partial charge is 0.355 e. The molecule has 0 radical (unpaired) electrons.